The van der Waals surface area contributed by atoms with Gasteiger partial charge in [-0.1, -0.05) is 44.0 Å². The number of benzene rings is 1. The number of carbonyl (C=O) groups excluding carboxylic acids is 2. The van der Waals surface area contributed by atoms with Gasteiger partial charge in [-0.2, -0.15) is 0 Å². The minimum Gasteiger partial charge on any atom is -0.368 e. The smallest absolute Gasteiger partial charge is 0.271 e. The van der Waals surface area contributed by atoms with Crippen molar-refractivity contribution in [2.24, 2.45) is 11.7 Å². The fourth-order valence-electron chi connectivity index (χ4n) is 2.50. The summed E-state index contributed by atoms with van der Waals surface area (Å²) < 4.78 is 0. The van der Waals surface area contributed by atoms with E-state index in [0.29, 0.717) is 5.69 Å². The molecule has 2 atom stereocenters. The molecule has 1 heterocycles. The molecule has 0 aliphatic carbocycles. The molecule has 6 heteroatoms. The molecule has 0 spiro atoms. The van der Waals surface area contributed by atoms with Crippen LogP contribution in [0.4, 0.5) is 0 Å². The molecule has 3 N–H and O–H groups in total. The third-order valence-electron chi connectivity index (χ3n) is 4.16. The van der Waals surface area contributed by atoms with Crippen LogP contribution in [0, 0.1) is 19.8 Å². The standard InChI is InChI=1S/C18H23N3O2S/c1-5-11(3)15(16(19)22)21-17(23)14-9-24-18(20-14)13-7-6-10(2)8-12(13)4/h6-9,11,15H,5H2,1-4H3,(H2,19,22)(H,21,23). The van der Waals surface area contributed by atoms with Gasteiger partial charge in [-0.05, 0) is 25.3 Å². The van der Waals surface area contributed by atoms with Crippen molar-refractivity contribution in [1.82, 2.24) is 10.3 Å². The summed E-state index contributed by atoms with van der Waals surface area (Å²) in [6.07, 6.45) is 0.749. The molecular weight excluding hydrogens is 322 g/mol. The summed E-state index contributed by atoms with van der Waals surface area (Å²) >= 11 is 1.41. The Labute approximate surface area is 146 Å². The zero-order valence-corrected chi connectivity index (χ0v) is 15.2. The Balaban J connectivity index is 2.20. The largest absolute Gasteiger partial charge is 0.368 e. The summed E-state index contributed by atoms with van der Waals surface area (Å²) in [5, 5.41) is 5.20. The van der Waals surface area contributed by atoms with Crippen molar-refractivity contribution in [2.45, 2.75) is 40.2 Å². The molecule has 24 heavy (non-hydrogen) atoms. The van der Waals surface area contributed by atoms with E-state index in [9.17, 15) is 9.59 Å². The fourth-order valence-corrected chi connectivity index (χ4v) is 3.39. The van der Waals surface area contributed by atoms with Crippen LogP contribution >= 0.6 is 11.3 Å². The van der Waals surface area contributed by atoms with Gasteiger partial charge in [0.25, 0.3) is 5.91 Å². The zero-order chi connectivity index (χ0) is 17.9. The summed E-state index contributed by atoms with van der Waals surface area (Å²) in [5.74, 6) is -0.919. The number of nitrogens with two attached hydrogens (primary N) is 1. The number of aryl methyl sites for hydroxylation is 2. The van der Waals surface area contributed by atoms with E-state index in [2.05, 4.69) is 16.4 Å². The highest BCUT2D eigenvalue weighted by atomic mass is 32.1. The van der Waals surface area contributed by atoms with Crippen molar-refractivity contribution >= 4 is 23.2 Å². The molecule has 2 amide bonds. The summed E-state index contributed by atoms with van der Waals surface area (Å²) in [7, 11) is 0. The minimum atomic E-state index is -0.686. The van der Waals surface area contributed by atoms with Gasteiger partial charge in [-0.15, -0.1) is 11.3 Å². The average Bonchev–Trinajstić information content (AvgIpc) is 3.01. The second-order valence-electron chi connectivity index (χ2n) is 6.10. The van der Waals surface area contributed by atoms with Gasteiger partial charge < -0.3 is 11.1 Å². The molecule has 0 saturated carbocycles. The predicted molar refractivity (Wildman–Crippen MR) is 96.9 cm³/mol. The molecule has 1 aromatic heterocycles. The van der Waals surface area contributed by atoms with Crippen molar-refractivity contribution in [1.29, 1.82) is 0 Å². The van der Waals surface area contributed by atoms with Crippen LogP contribution in [0.1, 0.15) is 41.9 Å². The van der Waals surface area contributed by atoms with E-state index in [1.807, 2.05) is 39.8 Å². The highest BCUT2D eigenvalue weighted by molar-refractivity contribution is 7.13. The lowest BCUT2D eigenvalue weighted by atomic mass is 9.98. The van der Waals surface area contributed by atoms with Crippen molar-refractivity contribution in [2.75, 3.05) is 0 Å². The molecular formula is C18H23N3O2S. The van der Waals surface area contributed by atoms with E-state index in [1.165, 1.54) is 16.9 Å². The first-order valence-corrected chi connectivity index (χ1v) is 8.84. The number of nitrogens with zero attached hydrogens (tertiary/aromatic N) is 1. The Bertz CT molecular complexity index is 754. The number of hydrogen-bond acceptors (Lipinski definition) is 4. The van der Waals surface area contributed by atoms with E-state index in [-0.39, 0.29) is 11.8 Å². The van der Waals surface area contributed by atoms with Crippen LogP contribution in [0.15, 0.2) is 23.6 Å². The number of primary amides is 1. The Morgan fingerprint density at radius 2 is 2.04 bits per heavy atom. The van der Waals surface area contributed by atoms with Crippen LogP contribution in [-0.4, -0.2) is 22.8 Å². The van der Waals surface area contributed by atoms with E-state index >= 15 is 0 Å². The van der Waals surface area contributed by atoms with Crippen LogP contribution < -0.4 is 11.1 Å². The van der Waals surface area contributed by atoms with Gasteiger partial charge in [0.2, 0.25) is 5.91 Å². The first kappa shape index (κ1) is 18.1. The Morgan fingerprint density at radius 1 is 1.33 bits per heavy atom. The molecule has 0 radical (unpaired) electrons. The predicted octanol–water partition coefficient (Wildman–Crippen LogP) is 3.06. The maximum atomic E-state index is 12.4. The van der Waals surface area contributed by atoms with Gasteiger partial charge >= 0.3 is 0 Å². The topological polar surface area (TPSA) is 85.1 Å². The number of rotatable bonds is 6. The fraction of sp³-hybridized carbons (Fsp3) is 0.389. The second-order valence-corrected chi connectivity index (χ2v) is 6.95. The monoisotopic (exact) mass is 345 g/mol. The molecule has 0 aliphatic heterocycles. The molecule has 5 nitrogen and oxygen atoms in total. The third-order valence-corrected chi connectivity index (χ3v) is 5.03. The lowest BCUT2D eigenvalue weighted by molar-refractivity contribution is -0.120. The Morgan fingerprint density at radius 3 is 2.62 bits per heavy atom. The van der Waals surface area contributed by atoms with Gasteiger partial charge in [0.1, 0.15) is 16.7 Å². The number of nitrogens with one attached hydrogen (secondary N) is 1. The van der Waals surface area contributed by atoms with E-state index in [0.717, 1.165) is 22.6 Å². The highest BCUT2D eigenvalue weighted by Crippen LogP contribution is 2.27. The number of amides is 2. The molecule has 2 unspecified atom stereocenters. The Hall–Kier alpha value is -2.21. The number of carbonyl (C=O) groups is 2. The van der Waals surface area contributed by atoms with E-state index < -0.39 is 11.9 Å². The Kier molecular flexibility index (Phi) is 5.72. The average molecular weight is 345 g/mol. The van der Waals surface area contributed by atoms with Gasteiger partial charge in [-0.3, -0.25) is 9.59 Å². The van der Waals surface area contributed by atoms with Crippen molar-refractivity contribution in [3.63, 3.8) is 0 Å². The highest BCUT2D eigenvalue weighted by Gasteiger charge is 2.25. The lowest BCUT2D eigenvalue weighted by Crippen LogP contribution is -2.48. The lowest BCUT2D eigenvalue weighted by Gasteiger charge is -2.20. The van der Waals surface area contributed by atoms with E-state index in [4.69, 9.17) is 5.73 Å². The summed E-state index contributed by atoms with van der Waals surface area (Å²) in [6.45, 7) is 7.90. The second kappa shape index (κ2) is 7.57. The van der Waals surface area contributed by atoms with Crippen LogP contribution in [0.5, 0.6) is 0 Å². The van der Waals surface area contributed by atoms with Crippen LogP contribution in [0.3, 0.4) is 0 Å². The van der Waals surface area contributed by atoms with Gasteiger partial charge in [-0.25, -0.2) is 4.98 Å². The van der Waals surface area contributed by atoms with Crippen molar-refractivity contribution in [3.05, 3.63) is 40.4 Å². The molecule has 0 fully saturated rings. The zero-order valence-electron chi connectivity index (χ0n) is 14.4. The third kappa shape index (κ3) is 4.00. The van der Waals surface area contributed by atoms with E-state index in [1.54, 1.807) is 5.38 Å². The molecule has 1 aromatic carbocycles. The maximum absolute atomic E-state index is 12.4. The van der Waals surface area contributed by atoms with Gasteiger partial charge in [0, 0.05) is 10.9 Å². The quantitative estimate of drug-likeness (QED) is 0.844. The normalized spacial score (nSPS) is 13.3. The molecule has 0 aliphatic rings. The first-order chi connectivity index (χ1) is 11.3. The van der Waals surface area contributed by atoms with Gasteiger partial charge in [0.15, 0.2) is 0 Å². The molecule has 0 saturated heterocycles. The molecule has 2 aromatic rings. The number of hydrogen-bond donors (Lipinski definition) is 2. The summed E-state index contributed by atoms with van der Waals surface area (Å²) in [6, 6.07) is 5.43. The number of thiazole rings is 1. The molecule has 0 bridgehead atoms. The number of aromatic nitrogens is 1. The molecule has 2 rings (SSSR count). The first-order valence-electron chi connectivity index (χ1n) is 7.96. The summed E-state index contributed by atoms with van der Waals surface area (Å²) in [5.41, 5.74) is 9.02. The van der Waals surface area contributed by atoms with Crippen LogP contribution in [-0.2, 0) is 4.79 Å². The van der Waals surface area contributed by atoms with Crippen LogP contribution in [0.25, 0.3) is 10.6 Å². The van der Waals surface area contributed by atoms with Crippen LogP contribution in [0.2, 0.25) is 0 Å². The minimum absolute atomic E-state index is 0.0242. The molecule has 128 valence electrons. The maximum Gasteiger partial charge on any atom is 0.271 e. The summed E-state index contributed by atoms with van der Waals surface area (Å²) in [4.78, 5) is 28.4. The SMILES string of the molecule is CCC(C)C(NC(=O)c1csc(-c2ccc(C)cc2C)n1)C(N)=O. The van der Waals surface area contributed by atoms with Gasteiger partial charge in [0.05, 0.1) is 0 Å². The van der Waals surface area contributed by atoms with Crippen molar-refractivity contribution < 1.29 is 9.59 Å². The van der Waals surface area contributed by atoms with Crippen molar-refractivity contribution in [3.8, 4) is 10.6 Å².